The molecule has 0 aromatic rings. The molecule has 0 bridgehead atoms. The second-order valence-corrected chi connectivity index (χ2v) is 6.33. The van der Waals surface area contributed by atoms with Gasteiger partial charge in [-0.15, -0.1) is 0 Å². The molecule has 0 saturated carbocycles. The number of piperidine rings is 1. The molecule has 2 amide bonds. The first-order valence-electron chi connectivity index (χ1n) is 7.69. The molecule has 1 aliphatic rings. The van der Waals surface area contributed by atoms with Crippen LogP contribution in [0.4, 0.5) is 0 Å². The Morgan fingerprint density at radius 3 is 2.35 bits per heavy atom. The topological polar surface area (TPSA) is 75.4 Å². The third kappa shape index (κ3) is 4.47. The number of hydrogen-bond acceptors (Lipinski definition) is 3. The summed E-state index contributed by atoms with van der Waals surface area (Å²) in [6.45, 7) is 8.59. The van der Waals surface area contributed by atoms with Crippen LogP contribution in [0, 0.1) is 11.3 Å². The summed E-state index contributed by atoms with van der Waals surface area (Å²) in [5, 5.41) is 3.31. The van der Waals surface area contributed by atoms with Gasteiger partial charge in [0.1, 0.15) is 0 Å². The number of primary amides is 1. The maximum atomic E-state index is 13.0. The van der Waals surface area contributed by atoms with Crippen LogP contribution in [0.25, 0.3) is 0 Å². The average Bonchev–Trinajstić information content (AvgIpc) is 2.37. The highest BCUT2D eigenvalue weighted by molar-refractivity contribution is 5.87. The van der Waals surface area contributed by atoms with Crippen molar-refractivity contribution in [2.45, 2.75) is 46.5 Å². The molecule has 0 radical (unpaired) electrons. The fraction of sp³-hybridized carbons (Fsp3) is 0.867. The van der Waals surface area contributed by atoms with Crippen molar-refractivity contribution in [1.29, 1.82) is 0 Å². The van der Waals surface area contributed by atoms with Gasteiger partial charge < -0.3 is 16.0 Å². The van der Waals surface area contributed by atoms with E-state index in [-0.39, 0.29) is 17.9 Å². The monoisotopic (exact) mass is 283 g/mol. The zero-order valence-electron chi connectivity index (χ0n) is 13.1. The molecular weight excluding hydrogens is 254 g/mol. The number of nitrogens with two attached hydrogens (primary N) is 1. The van der Waals surface area contributed by atoms with E-state index in [4.69, 9.17) is 5.73 Å². The lowest BCUT2D eigenvalue weighted by atomic mass is 9.74. The summed E-state index contributed by atoms with van der Waals surface area (Å²) < 4.78 is 0. The fourth-order valence-electron chi connectivity index (χ4n) is 3.14. The van der Waals surface area contributed by atoms with Gasteiger partial charge in [-0.05, 0) is 38.3 Å². The molecule has 1 rings (SSSR count). The Morgan fingerprint density at radius 1 is 1.30 bits per heavy atom. The minimum absolute atomic E-state index is 0.0376. The lowest BCUT2D eigenvalue weighted by molar-refractivity contribution is -0.147. The summed E-state index contributed by atoms with van der Waals surface area (Å²) in [5.41, 5.74) is 5.01. The average molecular weight is 283 g/mol. The molecule has 1 fully saturated rings. The molecule has 0 aromatic carbocycles. The van der Waals surface area contributed by atoms with Crippen molar-refractivity contribution in [3.8, 4) is 0 Å². The van der Waals surface area contributed by atoms with Gasteiger partial charge in [-0.2, -0.15) is 0 Å². The number of carbonyl (C=O) groups is 2. The molecule has 0 atom stereocenters. The van der Waals surface area contributed by atoms with Crippen molar-refractivity contribution in [2.24, 2.45) is 17.1 Å². The van der Waals surface area contributed by atoms with E-state index in [1.54, 1.807) is 4.90 Å². The van der Waals surface area contributed by atoms with Crippen LogP contribution < -0.4 is 11.1 Å². The Labute approximate surface area is 122 Å². The molecule has 0 spiro atoms. The van der Waals surface area contributed by atoms with Crippen molar-refractivity contribution in [3.63, 3.8) is 0 Å². The van der Waals surface area contributed by atoms with Gasteiger partial charge in [0.15, 0.2) is 0 Å². The van der Waals surface area contributed by atoms with Gasteiger partial charge in [-0.1, -0.05) is 27.2 Å². The van der Waals surface area contributed by atoms with Gasteiger partial charge in [0.2, 0.25) is 11.8 Å². The molecule has 0 aliphatic carbocycles. The lowest BCUT2D eigenvalue weighted by Crippen LogP contribution is -2.52. The first-order chi connectivity index (χ1) is 9.41. The maximum Gasteiger partial charge on any atom is 0.237 e. The molecule has 1 saturated heterocycles. The van der Waals surface area contributed by atoms with Crippen LogP contribution in [0.15, 0.2) is 0 Å². The van der Waals surface area contributed by atoms with Gasteiger partial charge >= 0.3 is 0 Å². The SMILES string of the molecule is CCCC1(C(=O)N(CC(N)=O)CC(C)C)CCNCC1. The quantitative estimate of drug-likeness (QED) is 0.735. The lowest BCUT2D eigenvalue weighted by Gasteiger charge is -2.40. The minimum atomic E-state index is -0.431. The summed E-state index contributed by atoms with van der Waals surface area (Å²) >= 11 is 0. The van der Waals surface area contributed by atoms with Crippen LogP contribution in [0.5, 0.6) is 0 Å². The maximum absolute atomic E-state index is 13.0. The van der Waals surface area contributed by atoms with Gasteiger partial charge in [0, 0.05) is 6.54 Å². The van der Waals surface area contributed by atoms with Crippen molar-refractivity contribution < 1.29 is 9.59 Å². The van der Waals surface area contributed by atoms with E-state index in [2.05, 4.69) is 26.1 Å². The molecule has 20 heavy (non-hydrogen) atoms. The number of hydrogen-bond donors (Lipinski definition) is 2. The first-order valence-corrected chi connectivity index (χ1v) is 7.69. The second kappa shape index (κ2) is 7.62. The van der Waals surface area contributed by atoms with E-state index in [1.807, 2.05) is 0 Å². The summed E-state index contributed by atoms with van der Waals surface area (Å²) in [6, 6.07) is 0. The van der Waals surface area contributed by atoms with E-state index in [0.717, 1.165) is 38.8 Å². The molecule has 0 aromatic heterocycles. The van der Waals surface area contributed by atoms with Crippen LogP contribution in [0.3, 0.4) is 0 Å². The van der Waals surface area contributed by atoms with E-state index in [9.17, 15) is 9.59 Å². The highest BCUT2D eigenvalue weighted by Gasteiger charge is 2.41. The standard InChI is InChI=1S/C15H29N3O2/c1-4-5-15(6-8-17-9-7-15)14(20)18(10-12(2)3)11-13(16)19/h12,17H,4-11H2,1-3H3,(H2,16,19). The molecule has 5 heteroatoms. The smallest absolute Gasteiger partial charge is 0.237 e. The van der Waals surface area contributed by atoms with Gasteiger partial charge in [0.05, 0.1) is 12.0 Å². The Bertz CT molecular complexity index is 331. The number of nitrogens with zero attached hydrogens (tertiary/aromatic N) is 1. The number of rotatable bonds is 7. The Balaban J connectivity index is 2.89. The number of amides is 2. The third-order valence-electron chi connectivity index (χ3n) is 3.96. The van der Waals surface area contributed by atoms with Crippen molar-refractivity contribution >= 4 is 11.8 Å². The van der Waals surface area contributed by atoms with Crippen LogP contribution in [-0.4, -0.2) is 42.9 Å². The zero-order valence-corrected chi connectivity index (χ0v) is 13.1. The summed E-state index contributed by atoms with van der Waals surface area (Å²) in [4.78, 5) is 25.9. The largest absolute Gasteiger partial charge is 0.368 e. The van der Waals surface area contributed by atoms with E-state index in [1.165, 1.54) is 0 Å². The molecule has 5 nitrogen and oxygen atoms in total. The Kier molecular flexibility index (Phi) is 6.46. The number of nitrogens with one attached hydrogen (secondary N) is 1. The summed E-state index contributed by atoms with van der Waals surface area (Å²) in [6.07, 6.45) is 3.58. The molecule has 116 valence electrons. The Morgan fingerprint density at radius 2 is 1.90 bits per heavy atom. The second-order valence-electron chi connectivity index (χ2n) is 6.33. The summed E-state index contributed by atoms with van der Waals surface area (Å²) in [5.74, 6) is 0.0200. The van der Waals surface area contributed by atoms with Crippen LogP contribution in [-0.2, 0) is 9.59 Å². The highest BCUT2D eigenvalue weighted by atomic mass is 16.2. The van der Waals surface area contributed by atoms with Crippen LogP contribution in [0.2, 0.25) is 0 Å². The molecular formula is C15H29N3O2. The van der Waals surface area contributed by atoms with Gasteiger partial charge in [0.25, 0.3) is 0 Å². The minimum Gasteiger partial charge on any atom is -0.368 e. The zero-order chi connectivity index (χ0) is 15.2. The van der Waals surface area contributed by atoms with Crippen LogP contribution in [0.1, 0.15) is 46.5 Å². The molecule has 1 aliphatic heterocycles. The highest BCUT2D eigenvalue weighted by Crippen LogP contribution is 2.36. The van der Waals surface area contributed by atoms with Crippen molar-refractivity contribution in [3.05, 3.63) is 0 Å². The van der Waals surface area contributed by atoms with Crippen molar-refractivity contribution in [1.82, 2.24) is 10.2 Å². The first kappa shape index (κ1) is 17.0. The van der Waals surface area contributed by atoms with E-state index < -0.39 is 5.91 Å². The molecule has 3 N–H and O–H groups in total. The summed E-state index contributed by atoms with van der Waals surface area (Å²) in [7, 11) is 0. The fourth-order valence-corrected chi connectivity index (χ4v) is 3.14. The predicted octanol–water partition coefficient (Wildman–Crippen LogP) is 1.13. The van der Waals surface area contributed by atoms with E-state index in [0.29, 0.717) is 12.5 Å². The van der Waals surface area contributed by atoms with Gasteiger partial charge in [-0.25, -0.2) is 0 Å². The Hall–Kier alpha value is -1.10. The van der Waals surface area contributed by atoms with Crippen LogP contribution >= 0.6 is 0 Å². The molecule has 1 heterocycles. The van der Waals surface area contributed by atoms with Gasteiger partial charge in [-0.3, -0.25) is 9.59 Å². The predicted molar refractivity (Wildman–Crippen MR) is 80.1 cm³/mol. The van der Waals surface area contributed by atoms with Crippen molar-refractivity contribution in [2.75, 3.05) is 26.2 Å². The molecule has 0 unspecified atom stereocenters. The van der Waals surface area contributed by atoms with E-state index >= 15 is 0 Å². The number of carbonyl (C=O) groups excluding carboxylic acids is 2. The third-order valence-corrected chi connectivity index (χ3v) is 3.96. The normalized spacial score (nSPS) is 18.0.